The summed E-state index contributed by atoms with van der Waals surface area (Å²) in [5.74, 6) is -0.501. The summed E-state index contributed by atoms with van der Waals surface area (Å²) in [5.41, 5.74) is 0.764. The third kappa shape index (κ3) is 4.92. The monoisotopic (exact) mass is 371 g/mol. The van der Waals surface area contributed by atoms with Gasteiger partial charge >= 0.3 is 5.97 Å². The van der Waals surface area contributed by atoms with Crippen molar-refractivity contribution in [1.29, 1.82) is 0 Å². The van der Waals surface area contributed by atoms with Crippen LogP contribution in [0, 0.1) is 0 Å². The fourth-order valence-electron chi connectivity index (χ4n) is 1.55. The number of nitrogens with zero attached hydrogens (tertiary/aromatic N) is 2. The average Bonchev–Trinajstić information content (AvgIpc) is 3.00. The summed E-state index contributed by atoms with van der Waals surface area (Å²) in [7, 11) is 1.31. The van der Waals surface area contributed by atoms with Crippen LogP contribution in [0.25, 0.3) is 10.6 Å². The molecule has 1 aromatic heterocycles. The Labute approximate surface area is 146 Å². The first-order valence-electron chi connectivity index (χ1n) is 6.59. The third-order valence-electron chi connectivity index (χ3n) is 2.81. The SMILES string of the molecule is COC(=O)CS[C@H](C)C(=O)Nc1nnc(-c2ccccc2Cl)s1. The van der Waals surface area contributed by atoms with Gasteiger partial charge in [0.2, 0.25) is 11.0 Å². The summed E-state index contributed by atoms with van der Waals surface area (Å²) in [6, 6.07) is 7.29. The first-order chi connectivity index (χ1) is 11.0. The highest BCUT2D eigenvalue weighted by Crippen LogP contribution is 2.31. The van der Waals surface area contributed by atoms with Crippen molar-refractivity contribution >= 4 is 51.7 Å². The minimum absolute atomic E-state index is 0.117. The summed E-state index contributed by atoms with van der Waals surface area (Å²) in [5, 5.41) is 11.8. The summed E-state index contributed by atoms with van der Waals surface area (Å²) >= 11 is 8.54. The van der Waals surface area contributed by atoms with Gasteiger partial charge in [0.05, 0.1) is 23.1 Å². The van der Waals surface area contributed by atoms with Crippen LogP contribution in [-0.4, -0.2) is 40.2 Å². The van der Waals surface area contributed by atoms with Gasteiger partial charge in [-0.25, -0.2) is 0 Å². The van der Waals surface area contributed by atoms with Crippen molar-refractivity contribution < 1.29 is 14.3 Å². The number of hydrogen-bond acceptors (Lipinski definition) is 7. The van der Waals surface area contributed by atoms with Crippen molar-refractivity contribution in [2.24, 2.45) is 0 Å². The molecule has 0 saturated carbocycles. The highest BCUT2D eigenvalue weighted by molar-refractivity contribution is 8.01. The zero-order valence-corrected chi connectivity index (χ0v) is 14.8. The molecule has 1 amide bonds. The number of methoxy groups -OCH3 is 1. The maximum atomic E-state index is 12.1. The van der Waals surface area contributed by atoms with Crippen molar-refractivity contribution in [1.82, 2.24) is 10.2 Å². The largest absolute Gasteiger partial charge is 0.468 e. The molecule has 0 aliphatic rings. The lowest BCUT2D eigenvalue weighted by atomic mass is 10.2. The summed E-state index contributed by atoms with van der Waals surface area (Å²) in [6.45, 7) is 1.71. The molecule has 1 atom stereocenters. The predicted molar refractivity (Wildman–Crippen MR) is 92.9 cm³/mol. The molecule has 6 nitrogen and oxygen atoms in total. The molecule has 2 rings (SSSR count). The average molecular weight is 372 g/mol. The second-order valence-corrected chi connectivity index (χ2v) is 7.12. The number of rotatable bonds is 6. The Morgan fingerprint density at radius 1 is 1.39 bits per heavy atom. The lowest BCUT2D eigenvalue weighted by Crippen LogP contribution is -2.23. The standard InChI is InChI=1S/C14H14ClN3O3S2/c1-8(22-7-11(19)21-2)12(20)16-14-18-17-13(23-14)9-5-3-4-6-10(9)15/h3-6,8H,7H2,1-2H3,(H,16,18,20)/t8-/m1/s1. The van der Waals surface area contributed by atoms with Gasteiger partial charge in [-0.15, -0.1) is 22.0 Å². The zero-order chi connectivity index (χ0) is 16.8. The van der Waals surface area contributed by atoms with E-state index in [0.29, 0.717) is 15.2 Å². The topological polar surface area (TPSA) is 81.2 Å². The number of aromatic nitrogens is 2. The van der Waals surface area contributed by atoms with Gasteiger partial charge in [0.15, 0.2) is 5.01 Å². The molecule has 1 N–H and O–H groups in total. The smallest absolute Gasteiger partial charge is 0.315 e. The van der Waals surface area contributed by atoms with Crippen LogP contribution in [0.1, 0.15) is 6.92 Å². The van der Waals surface area contributed by atoms with E-state index in [9.17, 15) is 9.59 Å². The molecule has 0 radical (unpaired) electrons. The van der Waals surface area contributed by atoms with Gasteiger partial charge in [-0.1, -0.05) is 41.1 Å². The number of ether oxygens (including phenoxy) is 1. The van der Waals surface area contributed by atoms with E-state index in [1.807, 2.05) is 18.2 Å². The number of halogens is 1. The summed E-state index contributed by atoms with van der Waals surface area (Å²) in [4.78, 5) is 23.1. The van der Waals surface area contributed by atoms with E-state index >= 15 is 0 Å². The van der Waals surface area contributed by atoms with Gasteiger partial charge in [-0.05, 0) is 13.0 Å². The Morgan fingerprint density at radius 2 is 2.13 bits per heavy atom. The van der Waals surface area contributed by atoms with Gasteiger partial charge in [0.1, 0.15) is 0 Å². The predicted octanol–water partition coefficient (Wildman–Crippen LogP) is 3.09. The molecule has 0 spiro atoms. The van der Waals surface area contributed by atoms with Gasteiger partial charge < -0.3 is 4.74 Å². The first kappa shape index (κ1) is 17.7. The molecule has 0 bridgehead atoms. The second-order valence-electron chi connectivity index (χ2n) is 4.41. The quantitative estimate of drug-likeness (QED) is 0.786. The highest BCUT2D eigenvalue weighted by Gasteiger charge is 2.18. The molecular formula is C14H14ClN3O3S2. The first-order valence-corrected chi connectivity index (χ1v) is 8.83. The van der Waals surface area contributed by atoms with E-state index in [0.717, 1.165) is 5.56 Å². The third-order valence-corrected chi connectivity index (χ3v) is 5.13. The number of carbonyl (C=O) groups excluding carboxylic acids is 2. The molecule has 2 aromatic rings. The molecule has 1 aromatic carbocycles. The van der Waals surface area contributed by atoms with Crippen LogP contribution in [0.15, 0.2) is 24.3 Å². The van der Waals surface area contributed by atoms with Crippen LogP contribution in [0.5, 0.6) is 0 Å². The maximum absolute atomic E-state index is 12.1. The van der Waals surface area contributed by atoms with Crippen molar-refractivity contribution in [3.8, 4) is 10.6 Å². The Hall–Kier alpha value is -1.64. The molecule has 0 unspecified atom stereocenters. The van der Waals surface area contributed by atoms with Gasteiger partial charge in [0, 0.05) is 5.56 Å². The van der Waals surface area contributed by atoms with Crippen molar-refractivity contribution in [3.63, 3.8) is 0 Å². The summed E-state index contributed by atoms with van der Waals surface area (Å²) < 4.78 is 4.54. The number of amides is 1. The van der Waals surface area contributed by atoms with Crippen LogP contribution in [0.3, 0.4) is 0 Å². The second kappa shape index (κ2) is 8.28. The van der Waals surface area contributed by atoms with E-state index in [4.69, 9.17) is 11.6 Å². The van der Waals surface area contributed by atoms with Crippen molar-refractivity contribution in [2.45, 2.75) is 12.2 Å². The fraction of sp³-hybridized carbons (Fsp3) is 0.286. The van der Waals surface area contributed by atoms with E-state index < -0.39 is 5.25 Å². The lowest BCUT2D eigenvalue weighted by Gasteiger charge is -2.08. The van der Waals surface area contributed by atoms with Gasteiger partial charge in [0.25, 0.3) is 0 Å². The molecular weight excluding hydrogens is 358 g/mol. The molecule has 0 fully saturated rings. The number of nitrogens with one attached hydrogen (secondary N) is 1. The van der Waals surface area contributed by atoms with E-state index in [-0.39, 0.29) is 17.6 Å². The highest BCUT2D eigenvalue weighted by atomic mass is 35.5. The minimum atomic E-state index is -0.415. The number of hydrogen-bond donors (Lipinski definition) is 1. The van der Waals surface area contributed by atoms with Gasteiger partial charge in [-0.3, -0.25) is 14.9 Å². The minimum Gasteiger partial charge on any atom is -0.468 e. The maximum Gasteiger partial charge on any atom is 0.315 e. The van der Waals surface area contributed by atoms with Crippen LogP contribution < -0.4 is 5.32 Å². The molecule has 0 saturated heterocycles. The fourth-order valence-corrected chi connectivity index (χ4v) is 3.33. The van der Waals surface area contributed by atoms with E-state index in [1.165, 1.54) is 30.2 Å². The van der Waals surface area contributed by atoms with Crippen molar-refractivity contribution in [3.05, 3.63) is 29.3 Å². The molecule has 23 heavy (non-hydrogen) atoms. The normalized spacial score (nSPS) is 11.8. The Morgan fingerprint density at radius 3 is 2.83 bits per heavy atom. The molecule has 122 valence electrons. The Kier molecular flexibility index (Phi) is 6.37. The number of benzene rings is 1. The molecule has 9 heteroatoms. The number of esters is 1. The van der Waals surface area contributed by atoms with Crippen LogP contribution in [-0.2, 0) is 14.3 Å². The zero-order valence-electron chi connectivity index (χ0n) is 12.4. The Balaban J connectivity index is 1.97. The molecule has 0 aliphatic heterocycles. The van der Waals surface area contributed by atoms with E-state index in [1.54, 1.807) is 13.0 Å². The number of carbonyl (C=O) groups is 2. The van der Waals surface area contributed by atoms with E-state index in [2.05, 4.69) is 20.3 Å². The van der Waals surface area contributed by atoms with Gasteiger partial charge in [-0.2, -0.15) is 0 Å². The Bertz CT molecular complexity index is 708. The van der Waals surface area contributed by atoms with Crippen LogP contribution in [0.4, 0.5) is 5.13 Å². The van der Waals surface area contributed by atoms with Crippen LogP contribution >= 0.6 is 34.7 Å². The number of thioether (sulfide) groups is 1. The summed E-state index contributed by atoms with van der Waals surface area (Å²) in [6.07, 6.45) is 0. The van der Waals surface area contributed by atoms with Crippen LogP contribution in [0.2, 0.25) is 5.02 Å². The lowest BCUT2D eigenvalue weighted by molar-refractivity contribution is -0.137. The van der Waals surface area contributed by atoms with Crippen molar-refractivity contribution in [2.75, 3.05) is 18.2 Å². The number of anilines is 1. The molecule has 1 heterocycles. The molecule has 0 aliphatic carbocycles.